The molecule has 18 heavy (non-hydrogen) atoms. The van der Waals surface area contributed by atoms with Crippen LogP contribution >= 0.6 is 0 Å². The van der Waals surface area contributed by atoms with Crippen molar-refractivity contribution in [1.29, 1.82) is 0 Å². The normalized spacial score (nSPS) is 10.1. The zero-order chi connectivity index (χ0) is 13.0. The van der Waals surface area contributed by atoms with Gasteiger partial charge in [-0.2, -0.15) is 0 Å². The van der Waals surface area contributed by atoms with E-state index in [0.717, 1.165) is 0 Å². The van der Waals surface area contributed by atoms with Crippen molar-refractivity contribution in [3.63, 3.8) is 0 Å². The molecule has 2 aromatic rings. The number of rotatable bonds is 4. The Morgan fingerprint density at radius 3 is 3.06 bits per heavy atom. The SMILES string of the molecule is CCOc1c(N)cccc1C(=O)Nc1cnoc1. The lowest BCUT2D eigenvalue weighted by Crippen LogP contribution is -2.14. The van der Waals surface area contributed by atoms with Crippen LogP contribution in [0.15, 0.2) is 35.2 Å². The number of nitrogens with two attached hydrogens (primary N) is 1. The molecule has 0 atom stereocenters. The summed E-state index contributed by atoms with van der Waals surface area (Å²) in [7, 11) is 0. The monoisotopic (exact) mass is 247 g/mol. The Labute approximate surface area is 104 Å². The second-order valence-corrected chi connectivity index (χ2v) is 3.52. The number of aromatic nitrogens is 1. The molecule has 0 saturated carbocycles. The molecule has 0 unspecified atom stereocenters. The smallest absolute Gasteiger partial charge is 0.259 e. The minimum absolute atomic E-state index is 0.325. The van der Waals surface area contributed by atoms with Crippen molar-refractivity contribution in [2.45, 2.75) is 6.92 Å². The zero-order valence-electron chi connectivity index (χ0n) is 9.84. The molecule has 3 N–H and O–H groups in total. The Balaban J connectivity index is 2.26. The highest BCUT2D eigenvalue weighted by atomic mass is 16.5. The van der Waals surface area contributed by atoms with Gasteiger partial charge in [-0.15, -0.1) is 0 Å². The number of nitrogen functional groups attached to an aromatic ring is 1. The number of hydrogen-bond donors (Lipinski definition) is 2. The van der Waals surface area contributed by atoms with Crippen LogP contribution in [-0.2, 0) is 0 Å². The van der Waals surface area contributed by atoms with Gasteiger partial charge in [0, 0.05) is 0 Å². The summed E-state index contributed by atoms with van der Waals surface area (Å²) in [5.74, 6) is 0.0582. The second-order valence-electron chi connectivity index (χ2n) is 3.52. The van der Waals surface area contributed by atoms with Gasteiger partial charge in [-0.25, -0.2) is 0 Å². The molecule has 94 valence electrons. The van der Waals surface area contributed by atoms with E-state index in [-0.39, 0.29) is 5.91 Å². The highest BCUT2D eigenvalue weighted by molar-refractivity contribution is 6.07. The number of amides is 1. The van der Waals surface area contributed by atoms with Gasteiger partial charge >= 0.3 is 0 Å². The Hall–Kier alpha value is -2.50. The first-order chi connectivity index (χ1) is 8.72. The van der Waals surface area contributed by atoms with E-state index in [1.54, 1.807) is 18.2 Å². The van der Waals surface area contributed by atoms with Crippen molar-refractivity contribution in [2.24, 2.45) is 0 Å². The molecular weight excluding hydrogens is 234 g/mol. The summed E-state index contributed by atoms with van der Waals surface area (Å²) in [5.41, 5.74) is 7.06. The molecule has 2 rings (SSSR count). The van der Waals surface area contributed by atoms with E-state index >= 15 is 0 Å². The van der Waals surface area contributed by atoms with E-state index in [9.17, 15) is 4.79 Å². The van der Waals surface area contributed by atoms with E-state index in [0.29, 0.717) is 29.3 Å². The molecule has 0 radical (unpaired) electrons. The molecule has 0 aliphatic carbocycles. The van der Waals surface area contributed by atoms with Crippen LogP contribution in [0, 0.1) is 0 Å². The number of para-hydroxylation sites is 1. The molecule has 1 aromatic heterocycles. The van der Waals surface area contributed by atoms with Gasteiger partial charge in [-0.3, -0.25) is 4.79 Å². The number of ether oxygens (including phenoxy) is 1. The van der Waals surface area contributed by atoms with Crippen LogP contribution in [0.5, 0.6) is 5.75 Å². The van der Waals surface area contributed by atoms with Gasteiger partial charge in [0.15, 0.2) is 5.75 Å². The molecule has 0 aliphatic heterocycles. The summed E-state index contributed by atoms with van der Waals surface area (Å²) < 4.78 is 10.0. The first-order valence-corrected chi connectivity index (χ1v) is 5.44. The predicted molar refractivity (Wildman–Crippen MR) is 66.5 cm³/mol. The fourth-order valence-corrected chi connectivity index (χ4v) is 1.50. The molecular formula is C12H13N3O3. The Morgan fingerprint density at radius 1 is 1.56 bits per heavy atom. The predicted octanol–water partition coefficient (Wildman–Crippen LogP) is 1.91. The first kappa shape index (κ1) is 12.0. The van der Waals surface area contributed by atoms with E-state index in [2.05, 4.69) is 15.0 Å². The molecule has 0 bridgehead atoms. The van der Waals surface area contributed by atoms with Crippen molar-refractivity contribution in [1.82, 2.24) is 5.16 Å². The van der Waals surface area contributed by atoms with Crippen molar-refractivity contribution in [3.05, 3.63) is 36.2 Å². The fraction of sp³-hybridized carbons (Fsp3) is 0.167. The lowest BCUT2D eigenvalue weighted by Gasteiger charge is -2.11. The third-order valence-electron chi connectivity index (χ3n) is 2.27. The average Bonchev–Trinajstić information content (AvgIpc) is 2.84. The summed E-state index contributed by atoms with van der Waals surface area (Å²) in [6.07, 6.45) is 2.75. The van der Waals surface area contributed by atoms with Gasteiger partial charge in [0.2, 0.25) is 0 Å². The van der Waals surface area contributed by atoms with Gasteiger partial charge in [-0.1, -0.05) is 11.2 Å². The molecule has 1 aromatic carbocycles. The van der Waals surface area contributed by atoms with Gasteiger partial charge in [0.25, 0.3) is 5.91 Å². The summed E-state index contributed by atoms with van der Waals surface area (Å²) in [4.78, 5) is 12.0. The van der Waals surface area contributed by atoms with Gasteiger partial charge < -0.3 is 20.3 Å². The molecule has 0 spiro atoms. The molecule has 6 heteroatoms. The maximum Gasteiger partial charge on any atom is 0.259 e. The third kappa shape index (κ3) is 2.42. The second kappa shape index (κ2) is 5.22. The largest absolute Gasteiger partial charge is 0.491 e. The number of carbonyl (C=O) groups excluding carboxylic acids is 1. The topological polar surface area (TPSA) is 90.4 Å². The van der Waals surface area contributed by atoms with Gasteiger partial charge in [-0.05, 0) is 19.1 Å². The van der Waals surface area contributed by atoms with Crippen molar-refractivity contribution >= 4 is 17.3 Å². The van der Waals surface area contributed by atoms with E-state index in [4.69, 9.17) is 10.5 Å². The van der Waals surface area contributed by atoms with Crippen molar-refractivity contribution in [2.75, 3.05) is 17.7 Å². The number of hydrogen-bond acceptors (Lipinski definition) is 5. The van der Waals surface area contributed by atoms with Crippen LogP contribution in [0.3, 0.4) is 0 Å². The number of nitrogens with zero attached hydrogens (tertiary/aromatic N) is 1. The average molecular weight is 247 g/mol. The highest BCUT2D eigenvalue weighted by Gasteiger charge is 2.15. The molecule has 0 aliphatic rings. The molecule has 1 heterocycles. The van der Waals surface area contributed by atoms with Gasteiger partial charge in [0.05, 0.1) is 24.1 Å². The van der Waals surface area contributed by atoms with Crippen LogP contribution in [-0.4, -0.2) is 17.7 Å². The maximum atomic E-state index is 12.0. The van der Waals surface area contributed by atoms with Crippen LogP contribution in [0.25, 0.3) is 0 Å². The summed E-state index contributed by atoms with van der Waals surface area (Å²) in [6.45, 7) is 2.26. The van der Waals surface area contributed by atoms with E-state index < -0.39 is 0 Å². The van der Waals surface area contributed by atoms with Gasteiger partial charge in [0.1, 0.15) is 12.0 Å². The van der Waals surface area contributed by atoms with Crippen LogP contribution in [0.2, 0.25) is 0 Å². The maximum absolute atomic E-state index is 12.0. The highest BCUT2D eigenvalue weighted by Crippen LogP contribution is 2.27. The minimum Gasteiger partial charge on any atom is -0.491 e. The fourth-order valence-electron chi connectivity index (χ4n) is 1.50. The lowest BCUT2D eigenvalue weighted by atomic mass is 10.1. The van der Waals surface area contributed by atoms with Crippen LogP contribution in [0.4, 0.5) is 11.4 Å². The Bertz CT molecular complexity index is 538. The quantitative estimate of drug-likeness (QED) is 0.805. The standard InChI is InChI=1S/C12H13N3O3/c1-2-17-11-9(4-3-5-10(11)13)12(16)15-8-6-14-18-7-8/h3-7H,2,13H2,1H3,(H,15,16). The minimum atomic E-state index is -0.325. The number of nitrogens with one attached hydrogen (secondary N) is 1. The summed E-state index contributed by atoms with van der Waals surface area (Å²) >= 11 is 0. The van der Waals surface area contributed by atoms with E-state index in [1.807, 2.05) is 6.92 Å². The van der Waals surface area contributed by atoms with Crippen molar-refractivity contribution in [3.8, 4) is 5.75 Å². The molecule has 1 amide bonds. The number of anilines is 2. The molecule has 0 saturated heterocycles. The number of carbonyl (C=O) groups is 1. The van der Waals surface area contributed by atoms with Crippen LogP contribution < -0.4 is 15.8 Å². The molecule has 0 fully saturated rings. The van der Waals surface area contributed by atoms with Crippen molar-refractivity contribution < 1.29 is 14.1 Å². The summed E-state index contributed by atoms with van der Waals surface area (Å²) in [6, 6.07) is 5.02. The Morgan fingerprint density at radius 2 is 2.39 bits per heavy atom. The third-order valence-corrected chi connectivity index (χ3v) is 2.27. The Kier molecular flexibility index (Phi) is 3.47. The van der Waals surface area contributed by atoms with Crippen LogP contribution in [0.1, 0.15) is 17.3 Å². The first-order valence-electron chi connectivity index (χ1n) is 5.44. The van der Waals surface area contributed by atoms with E-state index in [1.165, 1.54) is 12.5 Å². The number of benzene rings is 1. The summed E-state index contributed by atoms with van der Waals surface area (Å²) in [5, 5.41) is 6.13. The molecule has 6 nitrogen and oxygen atoms in total. The lowest BCUT2D eigenvalue weighted by molar-refractivity contribution is 0.102. The zero-order valence-corrected chi connectivity index (χ0v) is 9.84.